The van der Waals surface area contributed by atoms with Gasteiger partial charge in [-0.1, -0.05) is 41.9 Å². The summed E-state index contributed by atoms with van der Waals surface area (Å²) in [7, 11) is 0. The van der Waals surface area contributed by atoms with Crippen molar-refractivity contribution in [3.05, 3.63) is 89.4 Å². The molecular formula is C24H21ClN2O3. The number of hydrogen-bond donors (Lipinski definition) is 0. The summed E-state index contributed by atoms with van der Waals surface area (Å²) in [6.07, 6.45) is -1.70. The first-order chi connectivity index (χ1) is 14.5. The molecule has 152 valence electrons. The Morgan fingerprint density at radius 2 is 1.63 bits per heavy atom. The fourth-order valence-corrected chi connectivity index (χ4v) is 3.03. The van der Waals surface area contributed by atoms with Crippen LogP contribution in [0.5, 0.6) is 11.5 Å². The fourth-order valence-electron chi connectivity index (χ4n) is 2.91. The third-order valence-electron chi connectivity index (χ3n) is 4.29. The van der Waals surface area contributed by atoms with Gasteiger partial charge in [0.2, 0.25) is 6.10 Å². The monoisotopic (exact) mass is 420 g/mol. The molecule has 3 rings (SSSR count). The van der Waals surface area contributed by atoms with Crippen LogP contribution in [0.2, 0.25) is 5.02 Å². The lowest BCUT2D eigenvalue weighted by atomic mass is 10.1. The normalized spacial score (nSPS) is 11.4. The molecule has 0 aliphatic heterocycles. The Balaban J connectivity index is 1.78. The number of carbonyl (C=O) groups is 1. The van der Waals surface area contributed by atoms with Crippen LogP contribution in [0.4, 0.5) is 10.5 Å². The lowest BCUT2D eigenvalue weighted by Gasteiger charge is -2.27. The van der Waals surface area contributed by atoms with Crippen LogP contribution >= 0.6 is 11.6 Å². The van der Waals surface area contributed by atoms with Crippen molar-refractivity contribution >= 4 is 23.4 Å². The van der Waals surface area contributed by atoms with E-state index in [-0.39, 0.29) is 6.04 Å². The molecule has 3 aromatic carbocycles. The van der Waals surface area contributed by atoms with Crippen LogP contribution in [0.25, 0.3) is 0 Å². The number of nitriles is 1. The molecule has 0 radical (unpaired) electrons. The van der Waals surface area contributed by atoms with Gasteiger partial charge in [0.05, 0.1) is 0 Å². The Hall–Kier alpha value is -3.49. The highest BCUT2D eigenvalue weighted by atomic mass is 35.5. The molecule has 0 spiro atoms. The maximum atomic E-state index is 12.9. The lowest BCUT2D eigenvalue weighted by molar-refractivity contribution is 0.128. The zero-order valence-electron chi connectivity index (χ0n) is 16.7. The molecule has 0 N–H and O–H groups in total. The number of amides is 1. The highest BCUT2D eigenvalue weighted by molar-refractivity contribution is 6.30. The van der Waals surface area contributed by atoms with Crippen LogP contribution < -0.4 is 9.64 Å². The molecule has 0 bridgehead atoms. The summed E-state index contributed by atoms with van der Waals surface area (Å²) in [5.74, 6) is 1.22. The molecule has 0 aromatic heterocycles. The predicted molar refractivity (Wildman–Crippen MR) is 117 cm³/mol. The first-order valence-electron chi connectivity index (χ1n) is 9.46. The Bertz CT molecular complexity index is 1030. The molecule has 1 atom stereocenters. The first-order valence-corrected chi connectivity index (χ1v) is 9.83. The number of halogens is 1. The largest absolute Gasteiger partial charge is 0.457 e. The zero-order valence-corrected chi connectivity index (χ0v) is 17.4. The summed E-state index contributed by atoms with van der Waals surface area (Å²) in [6.45, 7) is 3.73. The molecule has 6 heteroatoms. The quantitative estimate of drug-likeness (QED) is 0.442. The molecule has 1 unspecified atom stereocenters. The van der Waals surface area contributed by atoms with Crippen LogP contribution in [0.1, 0.15) is 25.5 Å². The highest BCUT2D eigenvalue weighted by Crippen LogP contribution is 2.28. The second-order valence-electron chi connectivity index (χ2n) is 6.82. The van der Waals surface area contributed by atoms with E-state index in [1.807, 2.05) is 50.2 Å². The fraction of sp³-hybridized carbons (Fsp3) is 0.167. The number of hydrogen-bond acceptors (Lipinski definition) is 4. The van der Waals surface area contributed by atoms with E-state index in [1.54, 1.807) is 48.5 Å². The molecule has 1 amide bonds. The Labute approximate surface area is 181 Å². The Kier molecular flexibility index (Phi) is 6.95. The maximum absolute atomic E-state index is 12.9. The van der Waals surface area contributed by atoms with Gasteiger partial charge in [0.1, 0.15) is 17.6 Å². The van der Waals surface area contributed by atoms with E-state index in [1.165, 1.54) is 4.90 Å². The smallest absolute Gasteiger partial charge is 0.416 e. The van der Waals surface area contributed by atoms with Gasteiger partial charge in [-0.25, -0.2) is 4.79 Å². The van der Waals surface area contributed by atoms with Crippen LogP contribution in [0.15, 0.2) is 78.9 Å². The minimum absolute atomic E-state index is 0.175. The van der Waals surface area contributed by atoms with Gasteiger partial charge < -0.3 is 9.47 Å². The highest BCUT2D eigenvalue weighted by Gasteiger charge is 2.25. The lowest BCUT2D eigenvalue weighted by Crippen LogP contribution is -2.38. The van der Waals surface area contributed by atoms with Crippen molar-refractivity contribution in [1.82, 2.24) is 0 Å². The van der Waals surface area contributed by atoms with E-state index < -0.39 is 12.2 Å². The van der Waals surface area contributed by atoms with Crippen molar-refractivity contribution in [3.63, 3.8) is 0 Å². The summed E-state index contributed by atoms with van der Waals surface area (Å²) < 4.78 is 11.3. The topological polar surface area (TPSA) is 62.6 Å². The number of ether oxygens (including phenoxy) is 2. The molecule has 5 nitrogen and oxygen atoms in total. The van der Waals surface area contributed by atoms with Crippen molar-refractivity contribution in [3.8, 4) is 17.6 Å². The average Bonchev–Trinajstić information content (AvgIpc) is 2.74. The number of anilines is 1. The molecule has 0 fully saturated rings. The summed E-state index contributed by atoms with van der Waals surface area (Å²) in [4.78, 5) is 14.4. The third kappa shape index (κ3) is 5.31. The van der Waals surface area contributed by atoms with Gasteiger partial charge in [-0.05, 0) is 62.4 Å². The SMILES string of the molecule is CC(C)N(C(=O)OC(C#N)c1cccc(Oc2ccccc2)c1)c1ccc(Cl)cc1. The van der Waals surface area contributed by atoms with Crippen LogP contribution in [-0.2, 0) is 4.74 Å². The van der Waals surface area contributed by atoms with Gasteiger partial charge >= 0.3 is 6.09 Å². The zero-order chi connectivity index (χ0) is 21.5. The van der Waals surface area contributed by atoms with Gasteiger partial charge in [-0.3, -0.25) is 4.90 Å². The van der Waals surface area contributed by atoms with Gasteiger partial charge in [0, 0.05) is 22.3 Å². The van der Waals surface area contributed by atoms with E-state index in [0.717, 1.165) is 0 Å². The molecule has 0 aliphatic rings. The third-order valence-corrected chi connectivity index (χ3v) is 4.55. The minimum atomic E-state index is -1.08. The average molecular weight is 421 g/mol. The van der Waals surface area contributed by atoms with Crippen LogP contribution in [0, 0.1) is 11.3 Å². The standard InChI is InChI=1S/C24H21ClN2O3/c1-17(2)27(20-13-11-19(25)12-14-20)24(28)30-23(16-26)18-7-6-10-22(15-18)29-21-8-4-3-5-9-21/h3-15,17,23H,1-2H3. The number of nitrogens with zero attached hydrogens (tertiary/aromatic N) is 2. The van der Waals surface area contributed by atoms with Crippen molar-refractivity contribution in [2.75, 3.05) is 4.90 Å². The van der Waals surface area contributed by atoms with Crippen molar-refractivity contribution in [2.45, 2.75) is 26.0 Å². The second-order valence-corrected chi connectivity index (χ2v) is 7.26. The van der Waals surface area contributed by atoms with Crippen LogP contribution in [-0.4, -0.2) is 12.1 Å². The van der Waals surface area contributed by atoms with E-state index in [0.29, 0.717) is 27.8 Å². The molecule has 0 aliphatic carbocycles. The van der Waals surface area contributed by atoms with E-state index in [4.69, 9.17) is 21.1 Å². The van der Waals surface area contributed by atoms with Gasteiger partial charge in [-0.2, -0.15) is 5.26 Å². The number of para-hydroxylation sites is 1. The Morgan fingerprint density at radius 1 is 0.967 bits per heavy atom. The molecule has 0 heterocycles. The van der Waals surface area contributed by atoms with Crippen molar-refractivity contribution in [2.24, 2.45) is 0 Å². The first kappa shape index (κ1) is 21.2. The second kappa shape index (κ2) is 9.82. The minimum Gasteiger partial charge on any atom is -0.457 e. The van der Waals surface area contributed by atoms with Crippen molar-refractivity contribution < 1.29 is 14.3 Å². The number of benzene rings is 3. The molecular weight excluding hydrogens is 400 g/mol. The Morgan fingerprint density at radius 3 is 2.27 bits per heavy atom. The van der Waals surface area contributed by atoms with Gasteiger partial charge in [-0.15, -0.1) is 0 Å². The number of rotatable bonds is 6. The predicted octanol–water partition coefficient (Wildman–Crippen LogP) is 6.75. The summed E-state index contributed by atoms with van der Waals surface area (Å²) in [6, 6.07) is 25.0. The number of carbonyl (C=O) groups excluding carboxylic acids is 1. The summed E-state index contributed by atoms with van der Waals surface area (Å²) >= 11 is 5.95. The van der Waals surface area contributed by atoms with Crippen LogP contribution in [0.3, 0.4) is 0 Å². The maximum Gasteiger partial charge on any atom is 0.416 e. The van der Waals surface area contributed by atoms with Crippen molar-refractivity contribution in [1.29, 1.82) is 5.26 Å². The molecule has 30 heavy (non-hydrogen) atoms. The summed E-state index contributed by atoms with van der Waals surface area (Å²) in [5.41, 5.74) is 1.16. The molecule has 0 saturated heterocycles. The van der Waals surface area contributed by atoms with E-state index in [9.17, 15) is 10.1 Å². The van der Waals surface area contributed by atoms with E-state index >= 15 is 0 Å². The molecule has 0 saturated carbocycles. The van der Waals surface area contributed by atoms with Gasteiger partial charge in [0.15, 0.2) is 0 Å². The van der Waals surface area contributed by atoms with Gasteiger partial charge in [0.25, 0.3) is 0 Å². The summed E-state index contributed by atoms with van der Waals surface area (Å²) in [5, 5.41) is 10.2. The molecule has 3 aromatic rings. The van der Waals surface area contributed by atoms with E-state index in [2.05, 4.69) is 0 Å².